The molecule has 112 valence electrons. The Morgan fingerprint density at radius 1 is 1.33 bits per heavy atom. The number of nitrogens with two attached hydrogens (primary N) is 1. The third-order valence-corrected chi connectivity index (χ3v) is 4.36. The summed E-state index contributed by atoms with van der Waals surface area (Å²) in [4.78, 5) is 21.1. The minimum Gasteiger partial charge on any atom is -0.370 e. The first-order valence-corrected chi connectivity index (χ1v) is 7.64. The van der Waals surface area contributed by atoms with Gasteiger partial charge in [-0.1, -0.05) is 0 Å². The van der Waals surface area contributed by atoms with Crippen LogP contribution in [0.3, 0.4) is 0 Å². The van der Waals surface area contributed by atoms with E-state index in [1.165, 1.54) is 0 Å². The number of primary amides is 1. The van der Waals surface area contributed by atoms with Gasteiger partial charge in [0, 0.05) is 24.5 Å². The van der Waals surface area contributed by atoms with Crippen LogP contribution in [-0.4, -0.2) is 33.9 Å². The second-order valence-corrected chi connectivity index (χ2v) is 5.94. The molecule has 0 spiro atoms. The van der Waals surface area contributed by atoms with Gasteiger partial charge in [-0.25, -0.2) is 4.98 Å². The average Bonchev–Trinajstić information content (AvgIpc) is 2.94. The lowest BCUT2D eigenvalue weighted by molar-refractivity contribution is -0.118. The number of rotatable bonds is 5. The number of fused-ring (bicyclic) bond motifs is 1. The van der Waals surface area contributed by atoms with Gasteiger partial charge in [0.05, 0.1) is 5.69 Å². The van der Waals surface area contributed by atoms with E-state index < -0.39 is 0 Å². The lowest BCUT2D eigenvalue weighted by atomic mass is 9.92. The van der Waals surface area contributed by atoms with Crippen molar-refractivity contribution in [3.63, 3.8) is 0 Å². The first-order chi connectivity index (χ1) is 10.2. The Morgan fingerprint density at radius 3 is 2.90 bits per heavy atom. The first kappa shape index (κ1) is 14.1. The summed E-state index contributed by atoms with van der Waals surface area (Å²) in [5.41, 5.74) is 7.29. The molecule has 2 aromatic heterocycles. The molecule has 0 bridgehead atoms. The molecule has 2 aromatic rings. The van der Waals surface area contributed by atoms with E-state index >= 15 is 0 Å². The highest BCUT2D eigenvalue weighted by molar-refractivity contribution is 5.75. The molecule has 3 N–H and O–H groups in total. The average molecular weight is 286 g/mol. The fraction of sp³-hybridized carbons (Fsp3) is 0.500. The van der Waals surface area contributed by atoms with Crippen LogP contribution in [0.5, 0.6) is 0 Å². The van der Waals surface area contributed by atoms with Crippen LogP contribution in [0.25, 0.3) is 11.0 Å². The van der Waals surface area contributed by atoms with Crippen molar-refractivity contribution in [1.82, 2.24) is 14.9 Å². The number of hydrogen-bond acceptors (Lipinski definition) is 3. The summed E-state index contributed by atoms with van der Waals surface area (Å²) in [7, 11) is 0. The zero-order chi connectivity index (χ0) is 14.7. The highest BCUT2D eigenvalue weighted by Gasteiger charge is 2.19. The quantitative estimate of drug-likeness (QED) is 0.883. The maximum atomic E-state index is 10.8. The van der Waals surface area contributed by atoms with Crippen molar-refractivity contribution < 1.29 is 4.79 Å². The van der Waals surface area contributed by atoms with Gasteiger partial charge in [0.2, 0.25) is 5.91 Å². The molecule has 1 amide bonds. The number of nitrogens with zero attached hydrogens (tertiary/aromatic N) is 2. The summed E-state index contributed by atoms with van der Waals surface area (Å²) in [5, 5.41) is 1.16. The molecular formula is C16H22N4O. The number of carbonyl (C=O) groups is 1. The van der Waals surface area contributed by atoms with E-state index in [0.29, 0.717) is 12.3 Å². The van der Waals surface area contributed by atoms with Gasteiger partial charge in [-0.2, -0.15) is 0 Å². The molecule has 1 aliphatic heterocycles. The number of H-pyrrole nitrogens is 1. The molecule has 1 aliphatic rings. The molecule has 0 aromatic carbocycles. The number of nitrogens with one attached hydrogen (secondary N) is 1. The first-order valence-electron chi connectivity index (χ1n) is 7.64. The minimum absolute atomic E-state index is 0.180. The van der Waals surface area contributed by atoms with Crippen molar-refractivity contribution in [2.75, 3.05) is 13.1 Å². The number of likely N-dealkylation sites (tertiary alicyclic amines) is 1. The summed E-state index contributed by atoms with van der Waals surface area (Å²) in [6.45, 7) is 3.05. The topological polar surface area (TPSA) is 75.0 Å². The zero-order valence-electron chi connectivity index (χ0n) is 12.2. The number of pyridine rings is 1. The van der Waals surface area contributed by atoms with E-state index in [4.69, 9.17) is 5.73 Å². The molecule has 1 saturated heterocycles. The smallest absolute Gasteiger partial charge is 0.217 e. The molecule has 5 heteroatoms. The highest BCUT2D eigenvalue weighted by Crippen LogP contribution is 2.23. The Labute approximate surface area is 124 Å². The zero-order valence-corrected chi connectivity index (χ0v) is 12.2. The van der Waals surface area contributed by atoms with E-state index in [9.17, 15) is 4.79 Å². The van der Waals surface area contributed by atoms with Gasteiger partial charge in [0.1, 0.15) is 5.65 Å². The number of amides is 1. The number of hydrogen-bond donors (Lipinski definition) is 2. The molecule has 0 aliphatic carbocycles. The van der Waals surface area contributed by atoms with Crippen LogP contribution in [0.2, 0.25) is 0 Å². The minimum atomic E-state index is -0.180. The van der Waals surface area contributed by atoms with Gasteiger partial charge >= 0.3 is 0 Å². The number of carbonyl (C=O) groups excluding carboxylic acids is 1. The van der Waals surface area contributed by atoms with Crippen LogP contribution in [0, 0.1) is 5.92 Å². The lowest BCUT2D eigenvalue weighted by Crippen LogP contribution is -2.33. The van der Waals surface area contributed by atoms with Gasteiger partial charge in [-0.05, 0) is 56.5 Å². The maximum Gasteiger partial charge on any atom is 0.217 e. The van der Waals surface area contributed by atoms with Gasteiger partial charge in [0.25, 0.3) is 0 Å². The molecule has 3 rings (SSSR count). The Kier molecular flexibility index (Phi) is 4.20. The van der Waals surface area contributed by atoms with Crippen molar-refractivity contribution in [2.24, 2.45) is 11.7 Å². The molecular weight excluding hydrogens is 264 g/mol. The maximum absolute atomic E-state index is 10.8. The monoisotopic (exact) mass is 286 g/mol. The SMILES string of the molecule is NC(=O)CCC1CCN(Cc2ccc3cc[nH]c3n2)CC1. The van der Waals surface area contributed by atoms with Gasteiger partial charge < -0.3 is 10.7 Å². The van der Waals surface area contributed by atoms with Crippen LogP contribution in [0.1, 0.15) is 31.4 Å². The normalized spacial score (nSPS) is 17.3. The summed E-state index contributed by atoms with van der Waals surface area (Å²) in [5.74, 6) is 0.466. The van der Waals surface area contributed by atoms with E-state index in [0.717, 1.165) is 55.6 Å². The molecule has 0 radical (unpaired) electrons. The van der Waals surface area contributed by atoms with Crippen LogP contribution in [-0.2, 0) is 11.3 Å². The predicted molar refractivity (Wildman–Crippen MR) is 82.5 cm³/mol. The standard InChI is InChI=1S/C16H22N4O/c17-15(21)4-1-12-6-9-20(10-7-12)11-14-3-2-13-5-8-18-16(13)19-14/h2-3,5,8,12H,1,4,6-7,9-11H2,(H2,17,21)(H,18,19). The highest BCUT2D eigenvalue weighted by atomic mass is 16.1. The molecule has 5 nitrogen and oxygen atoms in total. The van der Waals surface area contributed by atoms with E-state index in [-0.39, 0.29) is 5.91 Å². The molecule has 21 heavy (non-hydrogen) atoms. The summed E-state index contributed by atoms with van der Waals surface area (Å²) in [6, 6.07) is 6.26. The van der Waals surface area contributed by atoms with Crippen LogP contribution >= 0.6 is 0 Å². The number of aromatic amines is 1. The molecule has 0 unspecified atom stereocenters. The Bertz CT molecular complexity index is 614. The second kappa shape index (κ2) is 6.26. The molecule has 0 atom stereocenters. The molecule has 0 saturated carbocycles. The van der Waals surface area contributed by atoms with Gasteiger partial charge in [-0.15, -0.1) is 0 Å². The predicted octanol–water partition coefficient (Wildman–Crippen LogP) is 2.04. The van der Waals surface area contributed by atoms with E-state index in [1.54, 1.807) is 0 Å². The van der Waals surface area contributed by atoms with Crippen LogP contribution in [0.4, 0.5) is 0 Å². The van der Waals surface area contributed by atoms with Crippen molar-refractivity contribution in [3.05, 3.63) is 30.1 Å². The Hall–Kier alpha value is -1.88. The van der Waals surface area contributed by atoms with E-state index in [1.807, 2.05) is 12.3 Å². The van der Waals surface area contributed by atoms with Crippen molar-refractivity contribution in [3.8, 4) is 0 Å². The third-order valence-electron chi connectivity index (χ3n) is 4.36. The fourth-order valence-corrected chi connectivity index (χ4v) is 3.07. The molecule has 3 heterocycles. The lowest BCUT2D eigenvalue weighted by Gasteiger charge is -2.31. The third kappa shape index (κ3) is 3.61. The second-order valence-electron chi connectivity index (χ2n) is 5.94. The van der Waals surface area contributed by atoms with E-state index in [2.05, 4.69) is 27.0 Å². The van der Waals surface area contributed by atoms with Crippen molar-refractivity contribution >= 4 is 16.9 Å². The summed E-state index contributed by atoms with van der Waals surface area (Å²) < 4.78 is 0. The van der Waals surface area contributed by atoms with Gasteiger partial charge in [-0.3, -0.25) is 9.69 Å². The van der Waals surface area contributed by atoms with Crippen molar-refractivity contribution in [2.45, 2.75) is 32.2 Å². The summed E-state index contributed by atoms with van der Waals surface area (Å²) >= 11 is 0. The Balaban J connectivity index is 1.51. The van der Waals surface area contributed by atoms with Crippen LogP contribution < -0.4 is 5.73 Å². The fourth-order valence-electron chi connectivity index (χ4n) is 3.07. The number of aromatic nitrogens is 2. The molecule has 1 fully saturated rings. The van der Waals surface area contributed by atoms with Crippen LogP contribution in [0.15, 0.2) is 24.4 Å². The largest absolute Gasteiger partial charge is 0.370 e. The Morgan fingerprint density at radius 2 is 2.14 bits per heavy atom. The van der Waals surface area contributed by atoms with Crippen molar-refractivity contribution in [1.29, 1.82) is 0 Å². The van der Waals surface area contributed by atoms with Gasteiger partial charge in [0.15, 0.2) is 0 Å². The number of piperidine rings is 1. The summed E-state index contributed by atoms with van der Waals surface area (Å²) in [6.07, 6.45) is 5.69.